The van der Waals surface area contributed by atoms with Gasteiger partial charge >= 0.3 is 0 Å². The molecule has 0 saturated carbocycles. The summed E-state index contributed by atoms with van der Waals surface area (Å²) in [6.45, 7) is 3.72. The fraction of sp³-hybridized carbons (Fsp3) is 0.273. The summed E-state index contributed by atoms with van der Waals surface area (Å²) < 4.78 is 2.80. The second-order valence-corrected chi connectivity index (χ2v) is 4.08. The Bertz CT molecular complexity index is 467. The van der Waals surface area contributed by atoms with Crippen molar-refractivity contribution in [3.63, 3.8) is 0 Å². The molecule has 0 fully saturated rings. The Morgan fingerprint density at radius 3 is 3.00 bits per heavy atom. The summed E-state index contributed by atoms with van der Waals surface area (Å²) in [6.07, 6.45) is 3.57. The van der Waals surface area contributed by atoms with Crippen molar-refractivity contribution in [3.05, 3.63) is 40.9 Å². The van der Waals surface area contributed by atoms with E-state index in [2.05, 4.69) is 38.3 Å². The zero-order valence-electron chi connectivity index (χ0n) is 9.02. The van der Waals surface area contributed by atoms with E-state index in [0.29, 0.717) is 0 Å². The lowest BCUT2D eigenvalue weighted by molar-refractivity contribution is 0.627. The quantitative estimate of drug-likeness (QED) is 0.876. The number of nitrogens with zero attached hydrogens (tertiary/aromatic N) is 3. The van der Waals surface area contributed by atoms with E-state index in [0.717, 1.165) is 23.4 Å². The summed E-state index contributed by atoms with van der Waals surface area (Å²) in [4.78, 5) is 4.15. The molecule has 0 saturated heterocycles. The second-order valence-electron chi connectivity index (χ2n) is 3.33. The molecule has 84 valence electrons. The molecule has 0 unspecified atom stereocenters. The molecule has 0 bridgehead atoms. The van der Waals surface area contributed by atoms with Crippen LogP contribution in [0.3, 0.4) is 0 Å². The first-order valence-electron chi connectivity index (χ1n) is 5.16. The molecule has 2 aromatic heterocycles. The van der Waals surface area contributed by atoms with Gasteiger partial charge in [0.1, 0.15) is 4.60 Å². The number of aryl methyl sites for hydroxylation is 1. The Morgan fingerprint density at radius 2 is 2.25 bits per heavy atom. The predicted molar refractivity (Wildman–Crippen MR) is 67.2 cm³/mol. The van der Waals surface area contributed by atoms with Crippen LogP contribution in [-0.2, 0) is 13.1 Å². The smallest absolute Gasteiger partial charge is 0.129 e. The maximum absolute atomic E-state index is 4.22. The van der Waals surface area contributed by atoms with E-state index in [1.165, 1.54) is 5.69 Å². The van der Waals surface area contributed by atoms with Gasteiger partial charge in [-0.25, -0.2) is 4.98 Å². The molecule has 0 radical (unpaired) electrons. The van der Waals surface area contributed by atoms with Gasteiger partial charge in [0.15, 0.2) is 0 Å². The Balaban J connectivity index is 2.05. The van der Waals surface area contributed by atoms with E-state index in [4.69, 9.17) is 0 Å². The van der Waals surface area contributed by atoms with Crippen LogP contribution in [0.25, 0.3) is 0 Å². The number of nitrogens with one attached hydrogen (secondary N) is 1. The van der Waals surface area contributed by atoms with Gasteiger partial charge < -0.3 is 5.32 Å². The number of pyridine rings is 1. The molecule has 1 N–H and O–H groups in total. The Morgan fingerprint density at radius 1 is 1.38 bits per heavy atom. The van der Waals surface area contributed by atoms with Crippen molar-refractivity contribution in [3.8, 4) is 0 Å². The molecule has 0 aliphatic heterocycles. The van der Waals surface area contributed by atoms with Gasteiger partial charge in [-0.15, -0.1) is 0 Å². The van der Waals surface area contributed by atoms with Gasteiger partial charge in [0.05, 0.1) is 17.9 Å². The van der Waals surface area contributed by atoms with Gasteiger partial charge in [0.2, 0.25) is 0 Å². The van der Waals surface area contributed by atoms with Crippen LogP contribution in [-0.4, -0.2) is 14.8 Å². The third-order valence-corrected chi connectivity index (χ3v) is 2.96. The standard InChI is InChI=1S/C11H13BrN4/c1-2-16-9(5-7-15-16)8-14-10-4-3-6-13-11(10)12/h3-7,14H,2,8H2,1H3. The summed E-state index contributed by atoms with van der Waals surface area (Å²) in [5.74, 6) is 0. The molecule has 2 aromatic rings. The van der Waals surface area contributed by atoms with Crippen molar-refractivity contribution >= 4 is 21.6 Å². The van der Waals surface area contributed by atoms with Crippen LogP contribution in [0.15, 0.2) is 35.2 Å². The van der Waals surface area contributed by atoms with Gasteiger partial charge in [-0.3, -0.25) is 4.68 Å². The van der Waals surface area contributed by atoms with Crippen molar-refractivity contribution in [2.75, 3.05) is 5.32 Å². The zero-order chi connectivity index (χ0) is 11.4. The largest absolute Gasteiger partial charge is 0.377 e. The molecular formula is C11H13BrN4. The van der Waals surface area contributed by atoms with E-state index in [-0.39, 0.29) is 0 Å². The lowest BCUT2D eigenvalue weighted by Crippen LogP contribution is -2.08. The third-order valence-electron chi connectivity index (χ3n) is 2.32. The number of aromatic nitrogens is 3. The maximum Gasteiger partial charge on any atom is 0.129 e. The van der Waals surface area contributed by atoms with E-state index < -0.39 is 0 Å². The summed E-state index contributed by atoms with van der Waals surface area (Å²) >= 11 is 3.40. The molecule has 0 aliphatic carbocycles. The van der Waals surface area contributed by atoms with Crippen LogP contribution in [0, 0.1) is 0 Å². The summed E-state index contributed by atoms with van der Waals surface area (Å²) in [5.41, 5.74) is 2.16. The lowest BCUT2D eigenvalue weighted by Gasteiger charge is -2.08. The highest BCUT2D eigenvalue weighted by Crippen LogP contribution is 2.18. The first kappa shape index (κ1) is 11.1. The molecule has 4 nitrogen and oxygen atoms in total. The first-order chi connectivity index (χ1) is 7.81. The van der Waals surface area contributed by atoms with Crippen molar-refractivity contribution in [1.82, 2.24) is 14.8 Å². The fourth-order valence-corrected chi connectivity index (χ4v) is 1.89. The number of hydrogen-bond acceptors (Lipinski definition) is 3. The molecule has 0 aliphatic rings. The third kappa shape index (κ3) is 2.41. The van der Waals surface area contributed by atoms with Gasteiger partial charge in [0.25, 0.3) is 0 Å². The topological polar surface area (TPSA) is 42.7 Å². The van der Waals surface area contributed by atoms with Crippen LogP contribution in [0.1, 0.15) is 12.6 Å². The van der Waals surface area contributed by atoms with Gasteiger partial charge in [-0.05, 0) is 41.1 Å². The van der Waals surface area contributed by atoms with Crippen LogP contribution in [0.5, 0.6) is 0 Å². The van der Waals surface area contributed by atoms with Gasteiger partial charge in [-0.2, -0.15) is 5.10 Å². The van der Waals surface area contributed by atoms with E-state index in [1.807, 2.05) is 29.1 Å². The van der Waals surface area contributed by atoms with Crippen molar-refractivity contribution < 1.29 is 0 Å². The summed E-state index contributed by atoms with van der Waals surface area (Å²) in [6, 6.07) is 5.91. The van der Waals surface area contributed by atoms with Crippen molar-refractivity contribution in [1.29, 1.82) is 0 Å². The highest BCUT2D eigenvalue weighted by atomic mass is 79.9. The van der Waals surface area contributed by atoms with E-state index >= 15 is 0 Å². The van der Waals surface area contributed by atoms with Crippen LogP contribution in [0.2, 0.25) is 0 Å². The van der Waals surface area contributed by atoms with Crippen LogP contribution >= 0.6 is 15.9 Å². The van der Waals surface area contributed by atoms with Crippen molar-refractivity contribution in [2.24, 2.45) is 0 Å². The lowest BCUT2D eigenvalue weighted by atomic mass is 10.3. The first-order valence-corrected chi connectivity index (χ1v) is 5.95. The Kier molecular flexibility index (Phi) is 3.56. The molecule has 2 rings (SSSR count). The molecule has 2 heterocycles. The monoisotopic (exact) mass is 280 g/mol. The number of rotatable bonds is 4. The van der Waals surface area contributed by atoms with Crippen LogP contribution < -0.4 is 5.32 Å². The highest BCUT2D eigenvalue weighted by molar-refractivity contribution is 9.10. The molecule has 5 heteroatoms. The molecule has 0 spiro atoms. The van der Waals surface area contributed by atoms with E-state index in [1.54, 1.807) is 6.20 Å². The minimum Gasteiger partial charge on any atom is -0.377 e. The minimum atomic E-state index is 0.748. The summed E-state index contributed by atoms with van der Waals surface area (Å²) in [7, 11) is 0. The highest BCUT2D eigenvalue weighted by Gasteiger charge is 2.02. The van der Waals surface area contributed by atoms with Gasteiger partial charge in [-0.1, -0.05) is 0 Å². The Hall–Kier alpha value is -1.36. The summed E-state index contributed by atoms with van der Waals surface area (Å²) in [5, 5.41) is 7.54. The second kappa shape index (κ2) is 5.12. The number of anilines is 1. The fourth-order valence-electron chi connectivity index (χ4n) is 1.50. The Labute approximate surface area is 103 Å². The average Bonchev–Trinajstić information content (AvgIpc) is 2.75. The van der Waals surface area contributed by atoms with Crippen molar-refractivity contribution in [2.45, 2.75) is 20.0 Å². The maximum atomic E-state index is 4.22. The molecule has 16 heavy (non-hydrogen) atoms. The van der Waals surface area contributed by atoms with E-state index in [9.17, 15) is 0 Å². The molecular weight excluding hydrogens is 268 g/mol. The SMILES string of the molecule is CCn1nccc1CNc1cccnc1Br. The molecule has 0 atom stereocenters. The number of halogens is 1. The average molecular weight is 281 g/mol. The minimum absolute atomic E-state index is 0.748. The molecule has 0 aromatic carbocycles. The predicted octanol–water partition coefficient (Wildman–Crippen LogP) is 2.67. The van der Waals surface area contributed by atoms with Crippen LogP contribution in [0.4, 0.5) is 5.69 Å². The zero-order valence-corrected chi connectivity index (χ0v) is 10.6. The number of hydrogen-bond donors (Lipinski definition) is 1. The van der Waals surface area contributed by atoms with Gasteiger partial charge in [0, 0.05) is 18.9 Å². The molecule has 0 amide bonds. The normalized spacial score (nSPS) is 10.4.